The van der Waals surface area contributed by atoms with Gasteiger partial charge in [-0.1, -0.05) is 0 Å². The second-order valence-electron chi connectivity index (χ2n) is 5.41. The molecule has 0 radical (unpaired) electrons. The summed E-state index contributed by atoms with van der Waals surface area (Å²) in [7, 11) is 3.81. The Balaban J connectivity index is 4.73. The standard InChI is InChI=1S/2C4H9.2C3H8O2S.Sn/c2*1-3-4-2;2*4-1-3(5)2-6;/h2*1,3-4H2,2H3;2*3-6H,1-2H2;/q;;;;+2/p-2/t;;2*3-;/m..11./s1. The topological polar surface area (TPSA) is 80.9 Å². The van der Waals surface area contributed by atoms with Gasteiger partial charge in [-0.25, -0.2) is 0 Å². The fraction of sp³-hybridized carbons (Fsp3) is 1.00. The molecule has 0 aliphatic rings. The maximum absolute atomic E-state index is 9.66. The van der Waals surface area contributed by atoms with Gasteiger partial charge in [0.05, 0.1) is 0 Å². The average molecular weight is 447 g/mol. The number of hydrogen-bond acceptors (Lipinski definition) is 6. The number of rotatable bonds is 14. The van der Waals surface area contributed by atoms with Crippen LogP contribution in [0.2, 0.25) is 8.87 Å². The Kier molecular flexibility index (Phi) is 14.6. The molecule has 128 valence electrons. The van der Waals surface area contributed by atoms with Crippen molar-refractivity contribution < 1.29 is 20.4 Å². The Bertz CT molecular complexity index is 223. The van der Waals surface area contributed by atoms with Gasteiger partial charge in [0.15, 0.2) is 0 Å². The molecular weight excluding hydrogens is 415 g/mol. The second-order valence-corrected chi connectivity index (χ2v) is 31.9. The zero-order valence-corrected chi connectivity index (χ0v) is 17.8. The van der Waals surface area contributed by atoms with E-state index < -0.39 is 27.8 Å². The fourth-order valence-corrected chi connectivity index (χ4v) is 32.1. The third-order valence-electron chi connectivity index (χ3n) is 3.32. The van der Waals surface area contributed by atoms with Crippen LogP contribution in [0, 0.1) is 0 Å². The van der Waals surface area contributed by atoms with Crippen molar-refractivity contribution in [2.45, 2.75) is 60.6 Å². The third-order valence-corrected chi connectivity index (χ3v) is 33.9. The van der Waals surface area contributed by atoms with Crippen molar-refractivity contribution in [2.75, 3.05) is 24.7 Å². The molecule has 0 heterocycles. The van der Waals surface area contributed by atoms with E-state index in [0.29, 0.717) is 11.5 Å². The summed E-state index contributed by atoms with van der Waals surface area (Å²) in [5.74, 6) is 1.20. The minimum absolute atomic E-state index is 0.180. The molecule has 0 saturated heterocycles. The van der Waals surface area contributed by atoms with Crippen LogP contribution in [0.15, 0.2) is 0 Å². The molecule has 21 heavy (non-hydrogen) atoms. The van der Waals surface area contributed by atoms with Crippen molar-refractivity contribution >= 4 is 33.5 Å². The van der Waals surface area contributed by atoms with Crippen molar-refractivity contribution in [3.63, 3.8) is 0 Å². The van der Waals surface area contributed by atoms with Crippen LogP contribution in [0.1, 0.15) is 39.5 Å². The normalized spacial score (nSPS) is 15.1. The first kappa shape index (κ1) is 22.3. The van der Waals surface area contributed by atoms with Gasteiger partial charge in [0, 0.05) is 0 Å². The van der Waals surface area contributed by atoms with Gasteiger partial charge in [0.1, 0.15) is 0 Å². The number of aliphatic hydroxyl groups is 4. The molecule has 0 saturated carbocycles. The van der Waals surface area contributed by atoms with Crippen molar-refractivity contribution in [2.24, 2.45) is 0 Å². The fourth-order valence-electron chi connectivity index (χ4n) is 1.95. The van der Waals surface area contributed by atoms with Crippen LogP contribution in [-0.4, -0.2) is 73.0 Å². The summed E-state index contributed by atoms with van der Waals surface area (Å²) in [6.07, 6.45) is 3.44. The van der Waals surface area contributed by atoms with E-state index in [-0.39, 0.29) is 13.2 Å². The monoisotopic (exact) mass is 448 g/mol. The van der Waals surface area contributed by atoms with E-state index in [1.165, 1.54) is 21.7 Å². The SMILES string of the molecule is CCC[CH2][Sn]([CH2]CCC)([S]C[C@H](O)CO)[S]C[C@H](O)CO. The predicted molar refractivity (Wildman–Crippen MR) is 96.3 cm³/mol. The summed E-state index contributed by atoms with van der Waals surface area (Å²) < 4.78 is 2.47. The first-order chi connectivity index (χ1) is 10.0. The van der Waals surface area contributed by atoms with E-state index in [1.807, 2.05) is 17.9 Å². The molecule has 0 spiro atoms. The minimum atomic E-state index is -2.55. The molecule has 0 aromatic rings. The molecule has 0 aromatic heterocycles. The van der Waals surface area contributed by atoms with E-state index in [9.17, 15) is 10.2 Å². The molecule has 0 unspecified atom stereocenters. The van der Waals surface area contributed by atoms with Crippen LogP contribution >= 0.6 is 17.9 Å². The molecule has 4 nitrogen and oxygen atoms in total. The summed E-state index contributed by atoms with van der Waals surface area (Å²) in [6, 6.07) is 0. The number of hydrogen-bond donors (Lipinski definition) is 4. The van der Waals surface area contributed by atoms with E-state index in [4.69, 9.17) is 10.2 Å². The summed E-state index contributed by atoms with van der Waals surface area (Å²) in [5.41, 5.74) is 0. The Hall–Kier alpha value is 1.34. The van der Waals surface area contributed by atoms with Crippen LogP contribution in [0.25, 0.3) is 0 Å². The summed E-state index contributed by atoms with van der Waals surface area (Å²) in [5, 5.41) is 37.4. The van der Waals surface area contributed by atoms with Crippen LogP contribution in [0.3, 0.4) is 0 Å². The average Bonchev–Trinajstić information content (AvgIpc) is 2.52. The van der Waals surface area contributed by atoms with Crippen LogP contribution in [0.4, 0.5) is 0 Å². The Labute approximate surface area is 138 Å². The van der Waals surface area contributed by atoms with E-state index >= 15 is 0 Å². The predicted octanol–water partition coefficient (Wildman–Crippen LogP) is 2.20. The molecule has 0 aromatic carbocycles. The van der Waals surface area contributed by atoms with E-state index in [0.717, 1.165) is 12.8 Å². The van der Waals surface area contributed by atoms with Gasteiger partial charge in [-0.15, -0.1) is 0 Å². The molecule has 0 fully saturated rings. The van der Waals surface area contributed by atoms with Crippen molar-refractivity contribution in [3.8, 4) is 0 Å². The van der Waals surface area contributed by atoms with Gasteiger partial charge in [0.25, 0.3) is 0 Å². The zero-order chi connectivity index (χ0) is 16.1. The Morgan fingerprint density at radius 3 is 1.48 bits per heavy atom. The zero-order valence-electron chi connectivity index (χ0n) is 13.3. The van der Waals surface area contributed by atoms with Gasteiger partial charge in [-0.3, -0.25) is 0 Å². The van der Waals surface area contributed by atoms with Gasteiger partial charge in [-0.2, -0.15) is 0 Å². The van der Waals surface area contributed by atoms with Crippen LogP contribution in [-0.2, 0) is 0 Å². The van der Waals surface area contributed by atoms with E-state index in [2.05, 4.69) is 13.8 Å². The molecule has 0 aliphatic carbocycles. The van der Waals surface area contributed by atoms with Gasteiger partial charge in [-0.05, 0) is 0 Å². The third kappa shape index (κ3) is 10.7. The summed E-state index contributed by atoms with van der Waals surface area (Å²) >= 11 is -2.55. The molecule has 0 bridgehead atoms. The number of unbranched alkanes of at least 4 members (excludes halogenated alkanes) is 2. The van der Waals surface area contributed by atoms with Crippen molar-refractivity contribution in [3.05, 3.63) is 0 Å². The number of aliphatic hydroxyl groups excluding tert-OH is 4. The molecular formula is C14H32O4S2Sn. The Morgan fingerprint density at radius 1 is 0.810 bits per heavy atom. The Morgan fingerprint density at radius 2 is 1.19 bits per heavy atom. The molecule has 0 amide bonds. The van der Waals surface area contributed by atoms with E-state index in [1.54, 1.807) is 0 Å². The molecule has 0 aliphatic heterocycles. The van der Waals surface area contributed by atoms with Crippen molar-refractivity contribution in [1.82, 2.24) is 0 Å². The van der Waals surface area contributed by atoms with Crippen LogP contribution < -0.4 is 0 Å². The first-order valence-corrected chi connectivity index (χ1v) is 20.9. The van der Waals surface area contributed by atoms with Gasteiger partial charge in [0.2, 0.25) is 0 Å². The quantitative estimate of drug-likeness (QED) is 0.306. The summed E-state index contributed by atoms with van der Waals surface area (Å²) in [4.78, 5) is 0. The van der Waals surface area contributed by atoms with Gasteiger partial charge < -0.3 is 0 Å². The summed E-state index contributed by atoms with van der Waals surface area (Å²) in [6.45, 7) is 4.02. The van der Waals surface area contributed by atoms with Crippen LogP contribution in [0.5, 0.6) is 0 Å². The van der Waals surface area contributed by atoms with Gasteiger partial charge >= 0.3 is 139 Å². The second kappa shape index (κ2) is 13.7. The molecule has 7 heteroatoms. The van der Waals surface area contributed by atoms with Crippen molar-refractivity contribution in [1.29, 1.82) is 0 Å². The first-order valence-electron chi connectivity index (χ1n) is 7.89. The molecule has 0 rings (SSSR count). The maximum atomic E-state index is 9.66. The molecule has 4 N–H and O–H groups in total. The molecule has 2 atom stereocenters.